The lowest BCUT2D eigenvalue weighted by Crippen LogP contribution is -2.26. The van der Waals surface area contributed by atoms with E-state index in [0.717, 1.165) is 28.1 Å². The highest BCUT2D eigenvalue weighted by atomic mass is 16.5. The van der Waals surface area contributed by atoms with E-state index < -0.39 is 0 Å². The van der Waals surface area contributed by atoms with Crippen molar-refractivity contribution in [1.82, 2.24) is 5.16 Å². The molecule has 1 amide bonds. The molecule has 2 aromatic carbocycles. The fraction of sp³-hybridized carbons (Fsp3) is 0.263. The molecule has 0 N–H and O–H groups in total. The predicted molar refractivity (Wildman–Crippen MR) is 91.7 cm³/mol. The van der Waals surface area contributed by atoms with Gasteiger partial charge in [0.15, 0.2) is 0 Å². The molecule has 0 unspecified atom stereocenters. The predicted octanol–water partition coefficient (Wildman–Crippen LogP) is 4.04. The fourth-order valence-corrected chi connectivity index (χ4v) is 2.79. The van der Waals surface area contributed by atoms with E-state index in [2.05, 4.69) is 17.3 Å². The number of fused-ring (bicyclic) bond motifs is 1. The standard InChI is InChI=1S/C19H20N2O2/c1-13-18(14(2)23-20-13)10-11-19(22)21(3)17-9-8-15-6-4-5-7-16(15)12-17/h4-9,12H,10-11H2,1-3H3. The molecule has 0 atom stereocenters. The van der Waals surface area contributed by atoms with Crippen molar-refractivity contribution in [2.24, 2.45) is 0 Å². The van der Waals surface area contributed by atoms with E-state index in [0.29, 0.717) is 12.8 Å². The first-order chi connectivity index (χ1) is 11.1. The number of anilines is 1. The zero-order valence-corrected chi connectivity index (χ0v) is 13.7. The highest BCUT2D eigenvalue weighted by Crippen LogP contribution is 2.22. The van der Waals surface area contributed by atoms with Gasteiger partial charge in [-0.15, -0.1) is 0 Å². The van der Waals surface area contributed by atoms with E-state index in [1.54, 1.807) is 4.90 Å². The van der Waals surface area contributed by atoms with Crippen molar-refractivity contribution in [3.63, 3.8) is 0 Å². The number of carbonyl (C=O) groups excluding carboxylic acids is 1. The molecule has 0 spiro atoms. The van der Waals surface area contributed by atoms with Crippen LogP contribution in [0.15, 0.2) is 47.0 Å². The van der Waals surface area contributed by atoms with Gasteiger partial charge in [0.05, 0.1) is 5.69 Å². The van der Waals surface area contributed by atoms with Crippen LogP contribution >= 0.6 is 0 Å². The maximum absolute atomic E-state index is 12.5. The second kappa shape index (κ2) is 6.24. The van der Waals surface area contributed by atoms with Crippen molar-refractivity contribution >= 4 is 22.4 Å². The average Bonchev–Trinajstić information content (AvgIpc) is 2.89. The molecule has 0 saturated heterocycles. The minimum atomic E-state index is 0.0836. The molecule has 4 nitrogen and oxygen atoms in total. The average molecular weight is 308 g/mol. The van der Waals surface area contributed by atoms with Crippen LogP contribution < -0.4 is 4.90 Å². The van der Waals surface area contributed by atoms with Crippen LogP contribution in [0.5, 0.6) is 0 Å². The SMILES string of the molecule is Cc1noc(C)c1CCC(=O)N(C)c1ccc2ccccc2c1. The van der Waals surface area contributed by atoms with Crippen molar-refractivity contribution in [1.29, 1.82) is 0 Å². The topological polar surface area (TPSA) is 46.3 Å². The number of hydrogen-bond acceptors (Lipinski definition) is 3. The van der Waals surface area contributed by atoms with Gasteiger partial charge in [-0.2, -0.15) is 0 Å². The number of hydrogen-bond donors (Lipinski definition) is 0. The molecule has 0 aliphatic rings. The van der Waals surface area contributed by atoms with Crippen LogP contribution in [-0.2, 0) is 11.2 Å². The van der Waals surface area contributed by atoms with Crippen LogP contribution in [0.4, 0.5) is 5.69 Å². The number of aromatic nitrogens is 1. The summed E-state index contributed by atoms with van der Waals surface area (Å²) in [7, 11) is 1.82. The molecule has 118 valence electrons. The van der Waals surface area contributed by atoms with Gasteiger partial charge in [0, 0.05) is 24.7 Å². The monoisotopic (exact) mass is 308 g/mol. The number of rotatable bonds is 4. The summed E-state index contributed by atoms with van der Waals surface area (Å²) in [6.07, 6.45) is 1.09. The molecule has 3 rings (SSSR count). The van der Waals surface area contributed by atoms with Crippen molar-refractivity contribution in [2.75, 3.05) is 11.9 Å². The molecule has 0 saturated carbocycles. The Balaban J connectivity index is 1.73. The molecular formula is C19H20N2O2. The summed E-state index contributed by atoms with van der Waals surface area (Å²) < 4.78 is 5.15. The lowest BCUT2D eigenvalue weighted by atomic mass is 10.1. The maximum atomic E-state index is 12.5. The molecule has 0 radical (unpaired) electrons. The van der Waals surface area contributed by atoms with Gasteiger partial charge in [0.1, 0.15) is 5.76 Å². The van der Waals surface area contributed by atoms with Gasteiger partial charge in [-0.3, -0.25) is 4.79 Å². The molecule has 3 aromatic rings. The summed E-state index contributed by atoms with van der Waals surface area (Å²) in [4.78, 5) is 14.2. The summed E-state index contributed by atoms with van der Waals surface area (Å²) in [5.41, 5.74) is 2.81. The van der Waals surface area contributed by atoms with E-state index >= 15 is 0 Å². The Morgan fingerprint density at radius 1 is 1.13 bits per heavy atom. The minimum Gasteiger partial charge on any atom is -0.361 e. The third kappa shape index (κ3) is 3.11. The first-order valence-corrected chi connectivity index (χ1v) is 7.73. The highest BCUT2D eigenvalue weighted by Gasteiger charge is 2.15. The largest absolute Gasteiger partial charge is 0.361 e. The molecule has 1 aromatic heterocycles. The van der Waals surface area contributed by atoms with Gasteiger partial charge in [0.25, 0.3) is 0 Å². The first-order valence-electron chi connectivity index (χ1n) is 7.73. The Labute approximate surface area is 135 Å². The zero-order chi connectivity index (χ0) is 16.4. The second-order valence-electron chi connectivity index (χ2n) is 5.79. The molecule has 1 heterocycles. The Bertz CT molecular complexity index is 832. The fourth-order valence-electron chi connectivity index (χ4n) is 2.79. The van der Waals surface area contributed by atoms with Crippen molar-refractivity contribution in [3.05, 3.63) is 59.5 Å². The van der Waals surface area contributed by atoms with Crippen LogP contribution in [0.3, 0.4) is 0 Å². The van der Waals surface area contributed by atoms with Crippen molar-refractivity contribution < 1.29 is 9.32 Å². The number of aryl methyl sites for hydroxylation is 2. The van der Waals surface area contributed by atoms with Gasteiger partial charge in [0.2, 0.25) is 5.91 Å². The number of carbonyl (C=O) groups is 1. The lowest BCUT2D eigenvalue weighted by molar-refractivity contribution is -0.118. The molecule has 4 heteroatoms. The third-order valence-corrected chi connectivity index (χ3v) is 4.26. The van der Waals surface area contributed by atoms with Crippen LogP contribution in [0, 0.1) is 13.8 Å². The minimum absolute atomic E-state index is 0.0836. The first kappa shape index (κ1) is 15.3. The molecular weight excluding hydrogens is 288 g/mol. The van der Waals surface area contributed by atoms with E-state index in [1.165, 1.54) is 5.39 Å². The molecule has 0 aliphatic carbocycles. The van der Waals surface area contributed by atoms with E-state index in [1.807, 2.05) is 51.2 Å². The van der Waals surface area contributed by atoms with Gasteiger partial charge in [-0.05, 0) is 43.2 Å². The lowest BCUT2D eigenvalue weighted by Gasteiger charge is -2.18. The van der Waals surface area contributed by atoms with E-state index in [-0.39, 0.29) is 5.91 Å². The Kier molecular flexibility index (Phi) is 4.15. The summed E-state index contributed by atoms with van der Waals surface area (Å²) in [5.74, 6) is 0.879. The van der Waals surface area contributed by atoms with Crippen LogP contribution in [0.1, 0.15) is 23.4 Å². The summed E-state index contributed by atoms with van der Waals surface area (Å²) in [6.45, 7) is 3.79. The van der Waals surface area contributed by atoms with E-state index in [9.17, 15) is 4.79 Å². The van der Waals surface area contributed by atoms with Crippen LogP contribution in [0.25, 0.3) is 10.8 Å². The quantitative estimate of drug-likeness (QED) is 0.730. The molecule has 0 aliphatic heterocycles. The van der Waals surface area contributed by atoms with Crippen molar-refractivity contribution in [3.8, 4) is 0 Å². The number of nitrogens with zero attached hydrogens (tertiary/aromatic N) is 2. The van der Waals surface area contributed by atoms with Gasteiger partial charge in [-0.1, -0.05) is 35.5 Å². The van der Waals surface area contributed by atoms with Crippen LogP contribution in [0.2, 0.25) is 0 Å². The molecule has 23 heavy (non-hydrogen) atoms. The Hall–Kier alpha value is -2.62. The van der Waals surface area contributed by atoms with Gasteiger partial charge >= 0.3 is 0 Å². The molecule has 0 bridgehead atoms. The Morgan fingerprint density at radius 3 is 2.57 bits per heavy atom. The highest BCUT2D eigenvalue weighted by molar-refractivity contribution is 5.96. The smallest absolute Gasteiger partial charge is 0.227 e. The molecule has 0 fully saturated rings. The van der Waals surface area contributed by atoms with Crippen LogP contribution in [-0.4, -0.2) is 18.1 Å². The summed E-state index contributed by atoms with van der Waals surface area (Å²) >= 11 is 0. The second-order valence-corrected chi connectivity index (χ2v) is 5.79. The normalized spacial score (nSPS) is 10.9. The van der Waals surface area contributed by atoms with E-state index in [4.69, 9.17) is 4.52 Å². The number of benzene rings is 2. The summed E-state index contributed by atoms with van der Waals surface area (Å²) in [5, 5.41) is 6.24. The van der Waals surface area contributed by atoms with Crippen molar-refractivity contribution in [2.45, 2.75) is 26.7 Å². The maximum Gasteiger partial charge on any atom is 0.227 e. The third-order valence-electron chi connectivity index (χ3n) is 4.26. The Morgan fingerprint density at radius 2 is 1.87 bits per heavy atom. The zero-order valence-electron chi connectivity index (χ0n) is 13.7. The van der Waals surface area contributed by atoms with Gasteiger partial charge in [-0.25, -0.2) is 0 Å². The van der Waals surface area contributed by atoms with Gasteiger partial charge < -0.3 is 9.42 Å². The number of amides is 1. The summed E-state index contributed by atoms with van der Waals surface area (Å²) in [6, 6.07) is 14.2.